The summed E-state index contributed by atoms with van der Waals surface area (Å²) in [7, 11) is -3.41. The molecule has 1 aromatic carbocycles. The van der Waals surface area contributed by atoms with E-state index in [1.807, 2.05) is 30.3 Å². The largest absolute Gasteiger partial charge is 0.267 e. The minimum absolute atomic E-state index is 0.00481. The lowest BCUT2D eigenvalue weighted by molar-refractivity contribution is 0.357. The zero-order valence-electron chi connectivity index (χ0n) is 8.43. The van der Waals surface area contributed by atoms with Crippen LogP contribution < -0.4 is 0 Å². The number of rotatable bonds is 6. The van der Waals surface area contributed by atoms with Crippen molar-refractivity contribution in [2.75, 3.05) is 12.4 Å². The zero-order chi connectivity index (χ0) is 11.1. The second kappa shape index (κ2) is 5.68. The quantitative estimate of drug-likeness (QED) is 0.548. The van der Waals surface area contributed by atoms with Gasteiger partial charge in [-0.25, -0.2) is 0 Å². The Morgan fingerprint density at radius 3 is 2.53 bits per heavy atom. The predicted molar refractivity (Wildman–Crippen MR) is 60.1 cm³/mol. The molecule has 0 bridgehead atoms. The van der Waals surface area contributed by atoms with E-state index < -0.39 is 10.1 Å². The summed E-state index contributed by atoms with van der Waals surface area (Å²) in [6.45, 7) is 3.43. The summed E-state index contributed by atoms with van der Waals surface area (Å²) in [5, 5.41) is 0. The highest BCUT2D eigenvalue weighted by Gasteiger charge is 2.09. The first-order valence-corrected chi connectivity index (χ1v) is 6.24. The van der Waals surface area contributed by atoms with Gasteiger partial charge in [-0.1, -0.05) is 36.4 Å². The van der Waals surface area contributed by atoms with Crippen molar-refractivity contribution in [3.8, 4) is 0 Å². The van der Waals surface area contributed by atoms with Crippen LogP contribution in [0, 0.1) is 0 Å². The molecule has 0 unspecified atom stereocenters. The van der Waals surface area contributed by atoms with E-state index in [1.165, 1.54) is 6.08 Å². The highest BCUT2D eigenvalue weighted by atomic mass is 32.2. The summed E-state index contributed by atoms with van der Waals surface area (Å²) in [4.78, 5) is 0. The fraction of sp³-hybridized carbons (Fsp3) is 0.273. The molecule has 0 aliphatic carbocycles. The molecule has 0 radical (unpaired) electrons. The van der Waals surface area contributed by atoms with Crippen LogP contribution in [0.5, 0.6) is 0 Å². The molecule has 0 aliphatic heterocycles. The maximum atomic E-state index is 11.3. The van der Waals surface area contributed by atoms with Crippen molar-refractivity contribution in [1.82, 2.24) is 0 Å². The van der Waals surface area contributed by atoms with Crippen LogP contribution in [0.3, 0.4) is 0 Å². The molecular formula is C11H14O3S. The molecule has 0 heterocycles. The third-order valence-corrected chi connectivity index (χ3v) is 3.05. The zero-order valence-corrected chi connectivity index (χ0v) is 9.24. The van der Waals surface area contributed by atoms with Crippen molar-refractivity contribution in [2.24, 2.45) is 0 Å². The first-order chi connectivity index (χ1) is 7.14. The molecule has 3 nitrogen and oxygen atoms in total. The molecule has 0 fully saturated rings. The first kappa shape index (κ1) is 11.9. The molecule has 0 spiro atoms. The molecule has 0 aliphatic rings. The van der Waals surface area contributed by atoms with E-state index in [9.17, 15) is 8.42 Å². The lowest BCUT2D eigenvalue weighted by atomic mass is 10.2. The number of hydrogen-bond acceptors (Lipinski definition) is 3. The van der Waals surface area contributed by atoms with Crippen LogP contribution in [0.15, 0.2) is 43.0 Å². The predicted octanol–water partition coefficient (Wildman–Crippen LogP) is 1.76. The van der Waals surface area contributed by atoms with Crippen molar-refractivity contribution in [2.45, 2.75) is 6.42 Å². The van der Waals surface area contributed by atoms with E-state index >= 15 is 0 Å². The highest BCUT2D eigenvalue weighted by Crippen LogP contribution is 2.03. The smallest absolute Gasteiger partial charge is 0.266 e. The summed E-state index contributed by atoms with van der Waals surface area (Å²) in [6, 6.07) is 9.44. The maximum absolute atomic E-state index is 11.3. The maximum Gasteiger partial charge on any atom is 0.267 e. The minimum Gasteiger partial charge on any atom is -0.266 e. The normalized spacial score (nSPS) is 11.2. The van der Waals surface area contributed by atoms with Gasteiger partial charge >= 0.3 is 0 Å². The molecule has 0 amide bonds. The second-order valence-corrected chi connectivity index (χ2v) is 4.83. The standard InChI is InChI=1S/C11H14O3S/c1-2-9-14-15(12,13)10-8-11-6-4-3-5-7-11/h2-7H,1,8-10H2. The Labute approximate surface area is 90.5 Å². The molecule has 0 saturated carbocycles. The number of aryl methyl sites for hydroxylation is 1. The average Bonchev–Trinajstić information content (AvgIpc) is 2.25. The van der Waals surface area contributed by atoms with Gasteiger partial charge in [-0.15, -0.1) is 6.58 Å². The molecule has 0 atom stereocenters. The van der Waals surface area contributed by atoms with Gasteiger partial charge in [0.15, 0.2) is 0 Å². The fourth-order valence-corrected chi connectivity index (χ4v) is 2.01. The first-order valence-electron chi connectivity index (χ1n) is 4.66. The molecule has 1 rings (SSSR count). The molecule has 15 heavy (non-hydrogen) atoms. The van der Waals surface area contributed by atoms with Crippen molar-refractivity contribution < 1.29 is 12.6 Å². The summed E-state index contributed by atoms with van der Waals surface area (Å²) in [6.07, 6.45) is 1.89. The topological polar surface area (TPSA) is 43.4 Å². The molecule has 0 saturated heterocycles. The monoisotopic (exact) mass is 226 g/mol. The van der Waals surface area contributed by atoms with Crippen LogP contribution in [-0.2, 0) is 20.7 Å². The second-order valence-electron chi connectivity index (χ2n) is 3.07. The lowest BCUT2D eigenvalue weighted by Gasteiger charge is -2.03. The van der Waals surface area contributed by atoms with Crippen molar-refractivity contribution in [3.63, 3.8) is 0 Å². The fourth-order valence-electron chi connectivity index (χ4n) is 1.10. The van der Waals surface area contributed by atoms with Gasteiger partial charge in [0.05, 0.1) is 12.4 Å². The molecule has 0 aromatic heterocycles. The van der Waals surface area contributed by atoms with E-state index in [4.69, 9.17) is 0 Å². The number of benzene rings is 1. The van der Waals surface area contributed by atoms with Crippen LogP contribution in [0.2, 0.25) is 0 Å². The minimum atomic E-state index is -3.41. The Balaban J connectivity index is 2.46. The molecule has 4 heteroatoms. The van der Waals surface area contributed by atoms with Gasteiger partial charge in [0.25, 0.3) is 10.1 Å². The molecule has 0 N–H and O–H groups in total. The van der Waals surface area contributed by atoms with E-state index in [0.717, 1.165) is 5.56 Å². The van der Waals surface area contributed by atoms with Gasteiger partial charge in [-0.2, -0.15) is 8.42 Å². The Bertz CT molecular complexity index is 395. The molecule has 1 aromatic rings. The molecule has 82 valence electrons. The van der Waals surface area contributed by atoms with Crippen LogP contribution in [0.25, 0.3) is 0 Å². The van der Waals surface area contributed by atoms with Crippen LogP contribution in [0.4, 0.5) is 0 Å². The van der Waals surface area contributed by atoms with Gasteiger partial charge in [0.2, 0.25) is 0 Å². The SMILES string of the molecule is C=CCOS(=O)(=O)CCc1ccccc1. The van der Waals surface area contributed by atoms with E-state index in [2.05, 4.69) is 10.8 Å². The van der Waals surface area contributed by atoms with Crippen molar-refractivity contribution >= 4 is 10.1 Å². The Morgan fingerprint density at radius 1 is 1.27 bits per heavy atom. The third kappa shape index (κ3) is 4.76. The Morgan fingerprint density at radius 2 is 1.93 bits per heavy atom. The number of hydrogen-bond donors (Lipinski definition) is 0. The Hall–Kier alpha value is -1.13. The Kier molecular flexibility index (Phi) is 4.52. The van der Waals surface area contributed by atoms with E-state index in [0.29, 0.717) is 6.42 Å². The third-order valence-electron chi connectivity index (χ3n) is 1.85. The van der Waals surface area contributed by atoms with Crippen LogP contribution in [0.1, 0.15) is 5.56 Å². The average molecular weight is 226 g/mol. The van der Waals surface area contributed by atoms with Gasteiger partial charge in [-0.3, -0.25) is 4.18 Å². The van der Waals surface area contributed by atoms with Gasteiger partial charge < -0.3 is 0 Å². The van der Waals surface area contributed by atoms with Crippen molar-refractivity contribution in [3.05, 3.63) is 48.6 Å². The van der Waals surface area contributed by atoms with Crippen molar-refractivity contribution in [1.29, 1.82) is 0 Å². The highest BCUT2D eigenvalue weighted by molar-refractivity contribution is 7.86. The lowest BCUT2D eigenvalue weighted by Crippen LogP contribution is -2.12. The van der Waals surface area contributed by atoms with Crippen LogP contribution >= 0.6 is 0 Å². The summed E-state index contributed by atoms with van der Waals surface area (Å²) >= 11 is 0. The summed E-state index contributed by atoms with van der Waals surface area (Å²) < 4.78 is 27.2. The van der Waals surface area contributed by atoms with Gasteiger partial charge in [0.1, 0.15) is 0 Å². The summed E-state index contributed by atoms with van der Waals surface area (Å²) in [5.41, 5.74) is 0.989. The van der Waals surface area contributed by atoms with E-state index in [-0.39, 0.29) is 12.4 Å². The van der Waals surface area contributed by atoms with Gasteiger partial charge in [0, 0.05) is 0 Å². The van der Waals surface area contributed by atoms with Crippen LogP contribution in [-0.4, -0.2) is 20.8 Å². The van der Waals surface area contributed by atoms with Gasteiger partial charge in [-0.05, 0) is 12.0 Å². The molecular weight excluding hydrogens is 212 g/mol. The summed E-state index contributed by atoms with van der Waals surface area (Å²) in [5.74, 6) is 0.00481. The van der Waals surface area contributed by atoms with E-state index in [1.54, 1.807) is 0 Å².